The van der Waals surface area contributed by atoms with E-state index >= 15 is 0 Å². The highest BCUT2D eigenvalue weighted by atomic mass is 16.5. The number of rotatable bonds is 7. The summed E-state index contributed by atoms with van der Waals surface area (Å²) >= 11 is 0. The molecule has 1 rings (SSSR count). The van der Waals surface area contributed by atoms with Gasteiger partial charge in [-0.05, 0) is 39.0 Å². The minimum absolute atomic E-state index is 0.0674. The van der Waals surface area contributed by atoms with E-state index in [9.17, 15) is 4.79 Å². The number of carbonyl (C=O) groups is 1. The van der Waals surface area contributed by atoms with Gasteiger partial charge in [0, 0.05) is 19.3 Å². The lowest BCUT2D eigenvalue weighted by Crippen LogP contribution is -2.42. The van der Waals surface area contributed by atoms with Crippen LogP contribution < -0.4 is 5.32 Å². The average molecular weight is 215 g/mol. The molecule has 1 fully saturated rings. The minimum atomic E-state index is -0.394. The normalized spacial score (nSPS) is 19.7. The molecule has 4 heteroatoms. The molecule has 15 heavy (non-hydrogen) atoms. The maximum absolute atomic E-state index is 11.6. The lowest BCUT2D eigenvalue weighted by Gasteiger charge is -2.19. The standard InChI is InChI=1S/C11H21NO3/c1-3-15-8(2)11(14)12-10(6-7-13)9-4-5-9/h8-10,13H,3-7H2,1-2H3,(H,12,14). The third kappa shape index (κ3) is 4.18. The van der Waals surface area contributed by atoms with Crippen LogP contribution in [-0.4, -0.2) is 36.4 Å². The van der Waals surface area contributed by atoms with Crippen molar-refractivity contribution < 1.29 is 14.6 Å². The van der Waals surface area contributed by atoms with E-state index in [-0.39, 0.29) is 18.6 Å². The van der Waals surface area contributed by atoms with Crippen molar-refractivity contribution in [3.05, 3.63) is 0 Å². The lowest BCUT2D eigenvalue weighted by atomic mass is 10.1. The molecular formula is C11H21NO3. The van der Waals surface area contributed by atoms with Gasteiger partial charge >= 0.3 is 0 Å². The van der Waals surface area contributed by atoms with Crippen LogP contribution in [0.15, 0.2) is 0 Å². The molecule has 0 aliphatic heterocycles. The van der Waals surface area contributed by atoms with E-state index < -0.39 is 6.10 Å². The molecule has 0 spiro atoms. The van der Waals surface area contributed by atoms with Gasteiger partial charge in [0.05, 0.1) is 0 Å². The molecule has 2 unspecified atom stereocenters. The molecular weight excluding hydrogens is 194 g/mol. The fourth-order valence-electron chi connectivity index (χ4n) is 1.69. The summed E-state index contributed by atoms with van der Waals surface area (Å²) in [6, 6.07) is 0.130. The van der Waals surface area contributed by atoms with Crippen molar-refractivity contribution in [1.82, 2.24) is 5.32 Å². The van der Waals surface area contributed by atoms with Gasteiger partial charge < -0.3 is 15.2 Å². The molecule has 0 saturated heterocycles. The van der Waals surface area contributed by atoms with Gasteiger partial charge in [-0.25, -0.2) is 0 Å². The van der Waals surface area contributed by atoms with E-state index in [1.807, 2.05) is 6.92 Å². The first-order chi connectivity index (χ1) is 7.19. The number of carbonyl (C=O) groups excluding carboxylic acids is 1. The van der Waals surface area contributed by atoms with E-state index in [1.54, 1.807) is 6.92 Å². The van der Waals surface area contributed by atoms with Gasteiger partial charge in [0.2, 0.25) is 5.91 Å². The van der Waals surface area contributed by atoms with Crippen molar-refractivity contribution in [2.24, 2.45) is 5.92 Å². The Morgan fingerprint density at radius 3 is 2.73 bits per heavy atom. The second-order valence-electron chi connectivity index (χ2n) is 4.06. The molecule has 4 nitrogen and oxygen atoms in total. The predicted octanol–water partition coefficient (Wildman–Crippen LogP) is 0.689. The minimum Gasteiger partial charge on any atom is -0.396 e. The van der Waals surface area contributed by atoms with Crippen LogP contribution in [-0.2, 0) is 9.53 Å². The number of aliphatic hydroxyl groups is 1. The quantitative estimate of drug-likeness (QED) is 0.657. The molecule has 88 valence electrons. The number of aliphatic hydroxyl groups excluding tert-OH is 1. The van der Waals surface area contributed by atoms with Gasteiger partial charge in [-0.15, -0.1) is 0 Å². The van der Waals surface area contributed by atoms with Crippen molar-refractivity contribution >= 4 is 5.91 Å². The van der Waals surface area contributed by atoms with Crippen molar-refractivity contribution in [3.63, 3.8) is 0 Å². The Morgan fingerprint density at radius 2 is 2.27 bits per heavy atom. The molecule has 2 atom stereocenters. The van der Waals surface area contributed by atoms with Crippen LogP contribution in [0.4, 0.5) is 0 Å². The number of amides is 1. The van der Waals surface area contributed by atoms with E-state index in [1.165, 1.54) is 0 Å². The Labute approximate surface area is 91.0 Å². The fraction of sp³-hybridized carbons (Fsp3) is 0.909. The molecule has 0 aromatic carbocycles. The molecule has 0 aromatic heterocycles. The number of nitrogens with one attached hydrogen (secondary N) is 1. The second kappa shape index (κ2) is 6.08. The van der Waals surface area contributed by atoms with Gasteiger partial charge in [0.15, 0.2) is 0 Å². The molecule has 1 amide bonds. The third-order valence-corrected chi connectivity index (χ3v) is 2.74. The van der Waals surface area contributed by atoms with E-state index in [0.29, 0.717) is 18.9 Å². The Morgan fingerprint density at radius 1 is 1.60 bits per heavy atom. The smallest absolute Gasteiger partial charge is 0.249 e. The second-order valence-corrected chi connectivity index (χ2v) is 4.06. The van der Waals surface area contributed by atoms with Crippen LogP contribution in [0.25, 0.3) is 0 Å². The zero-order chi connectivity index (χ0) is 11.3. The molecule has 2 N–H and O–H groups in total. The van der Waals surface area contributed by atoms with Crippen LogP contribution in [0.1, 0.15) is 33.1 Å². The first kappa shape index (κ1) is 12.5. The zero-order valence-corrected chi connectivity index (χ0v) is 9.53. The summed E-state index contributed by atoms with van der Waals surface area (Å²) in [5, 5.41) is 11.8. The maximum Gasteiger partial charge on any atom is 0.249 e. The number of hydrogen-bond donors (Lipinski definition) is 2. The van der Waals surface area contributed by atoms with Crippen LogP contribution >= 0.6 is 0 Å². The summed E-state index contributed by atoms with van der Waals surface area (Å²) in [5.41, 5.74) is 0. The topological polar surface area (TPSA) is 58.6 Å². The molecule has 1 aliphatic carbocycles. The summed E-state index contributed by atoms with van der Waals surface area (Å²) < 4.78 is 5.21. The number of hydrogen-bond acceptors (Lipinski definition) is 3. The highest BCUT2D eigenvalue weighted by molar-refractivity contribution is 5.80. The van der Waals surface area contributed by atoms with E-state index in [2.05, 4.69) is 5.32 Å². The van der Waals surface area contributed by atoms with E-state index in [4.69, 9.17) is 9.84 Å². The van der Waals surface area contributed by atoms with Gasteiger partial charge in [0.25, 0.3) is 0 Å². The summed E-state index contributed by atoms with van der Waals surface area (Å²) in [4.78, 5) is 11.6. The highest BCUT2D eigenvalue weighted by Gasteiger charge is 2.32. The third-order valence-electron chi connectivity index (χ3n) is 2.74. The first-order valence-electron chi connectivity index (χ1n) is 5.71. The molecule has 1 saturated carbocycles. The van der Waals surface area contributed by atoms with Crippen molar-refractivity contribution in [1.29, 1.82) is 0 Å². The van der Waals surface area contributed by atoms with Crippen molar-refractivity contribution in [3.8, 4) is 0 Å². The maximum atomic E-state index is 11.6. The Balaban J connectivity index is 2.32. The van der Waals surface area contributed by atoms with Crippen LogP contribution in [0.3, 0.4) is 0 Å². The molecule has 1 aliphatic rings. The SMILES string of the molecule is CCOC(C)C(=O)NC(CCO)C1CC1. The summed E-state index contributed by atoms with van der Waals surface area (Å²) in [5.74, 6) is 0.497. The van der Waals surface area contributed by atoms with Gasteiger partial charge in [-0.2, -0.15) is 0 Å². The Hall–Kier alpha value is -0.610. The largest absolute Gasteiger partial charge is 0.396 e. The zero-order valence-electron chi connectivity index (χ0n) is 9.53. The Bertz CT molecular complexity index is 204. The first-order valence-corrected chi connectivity index (χ1v) is 5.71. The van der Waals surface area contributed by atoms with Crippen LogP contribution in [0, 0.1) is 5.92 Å². The van der Waals surface area contributed by atoms with Gasteiger partial charge in [-0.3, -0.25) is 4.79 Å². The van der Waals surface area contributed by atoms with Crippen molar-refractivity contribution in [2.75, 3.05) is 13.2 Å². The van der Waals surface area contributed by atoms with E-state index in [0.717, 1.165) is 12.8 Å². The summed E-state index contributed by atoms with van der Waals surface area (Å²) in [6.45, 7) is 4.30. The fourth-order valence-corrected chi connectivity index (χ4v) is 1.69. The van der Waals surface area contributed by atoms with Gasteiger partial charge in [0.1, 0.15) is 6.10 Å². The highest BCUT2D eigenvalue weighted by Crippen LogP contribution is 2.33. The Kier molecular flexibility index (Phi) is 5.05. The molecule has 0 radical (unpaired) electrons. The van der Waals surface area contributed by atoms with Crippen molar-refractivity contribution in [2.45, 2.75) is 45.3 Å². The average Bonchev–Trinajstić information content (AvgIpc) is 3.00. The monoisotopic (exact) mass is 215 g/mol. The molecule has 0 aromatic rings. The molecule has 0 bridgehead atoms. The van der Waals surface area contributed by atoms with Gasteiger partial charge in [-0.1, -0.05) is 0 Å². The molecule has 0 heterocycles. The van der Waals surface area contributed by atoms with Crippen LogP contribution in [0.2, 0.25) is 0 Å². The lowest BCUT2D eigenvalue weighted by molar-refractivity contribution is -0.132. The van der Waals surface area contributed by atoms with Crippen LogP contribution in [0.5, 0.6) is 0 Å². The number of ether oxygens (including phenoxy) is 1. The predicted molar refractivity (Wildman–Crippen MR) is 57.4 cm³/mol. The summed E-state index contributed by atoms with van der Waals surface area (Å²) in [7, 11) is 0. The summed E-state index contributed by atoms with van der Waals surface area (Å²) in [6.07, 6.45) is 2.58.